The van der Waals surface area contributed by atoms with E-state index >= 15 is 0 Å². The minimum absolute atomic E-state index is 0.454. The van der Waals surface area contributed by atoms with Crippen LogP contribution < -0.4 is 11.1 Å². The van der Waals surface area contributed by atoms with Gasteiger partial charge in [0.25, 0.3) is 0 Å². The third-order valence-electron chi connectivity index (χ3n) is 3.62. The highest BCUT2D eigenvalue weighted by atomic mass is 32.2. The van der Waals surface area contributed by atoms with Crippen LogP contribution in [0, 0.1) is 0 Å². The SMILES string of the molecule is NC1CCCC(NCC2CCCCS2)C1. The van der Waals surface area contributed by atoms with E-state index < -0.39 is 0 Å². The maximum Gasteiger partial charge on any atom is 0.0172 e. The number of hydrogen-bond donors (Lipinski definition) is 2. The fraction of sp³-hybridized carbons (Fsp3) is 1.00. The highest BCUT2D eigenvalue weighted by Crippen LogP contribution is 2.25. The molecule has 1 saturated heterocycles. The molecule has 3 atom stereocenters. The molecule has 2 rings (SSSR count). The van der Waals surface area contributed by atoms with E-state index in [1.807, 2.05) is 0 Å². The average molecular weight is 228 g/mol. The van der Waals surface area contributed by atoms with Gasteiger partial charge in [0.1, 0.15) is 0 Å². The zero-order valence-corrected chi connectivity index (χ0v) is 10.4. The Balaban J connectivity index is 1.63. The molecule has 1 saturated carbocycles. The van der Waals surface area contributed by atoms with E-state index in [0.717, 1.165) is 5.25 Å². The Morgan fingerprint density at radius 3 is 2.80 bits per heavy atom. The van der Waals surface area contributed by atoms with Crippen molar-refractivity contribution < 1.29 is 0 Å². The van der Waals surface area contributed by atoms with Crippen molar-refractivity contribution in [2.75, 3.05) is 12.3 Å². The maximum atomic E-state index is 5.99. The fourth-order valence-corrected chi connectivity index (χ4v) is 3.93. The standard InChI is InChI=1S/C12H24N2S/c13-10-4-3-5-11(8-10)14-9-12-6-1-2-7-15-12/h10-12,14H,1-9,13H2. The van der Waals surface area contributed by atoms with Crippen molar-refractivity contribution >= 4 is 11.8 Å². The minimum atomic E-state index is 0.454. The van der Waals surface area contributed by atoms with Gasteiger partial charge in [-0.2, -0.15) is 11.8 Å². The van der Waals surface area contributed by atoms with E-state index in [2.05, 4.69) is 17.1 Å². The Labute approximate surface area is 97.8 Å². The van der Waals surface area contributed by atoms with Crippen LogP contribution in [0.1, 0.15) is 44.9 Å². The summed E-state index contributed by atoms with van der Waals surface area (Å²) in [6.45, 7) is 1.21. The van der Waals surface area contributed by atoms with Crippen LogP contribution in [0.15, 0.2) is 0 Å². The number of hydrogen-bond acceptors (Lipinski definition) is 3. The quantitative estimate of drug-likeness (QED) is 0.777. The Hall–Kier alpha value is 0.270. The number of thioether (sulfide) groups is 1. The normalized spacial score (nSPS) is 37.8. The van der Waals surface area contributed by atoms with Crippen molar-refractivity contribution in [2.45, 2.75) is 62.3 Å². The van der Waals surface area contributed by atoms with E-state index in [9.17, 15) is 0 Å². The van der Waals surface area contributed by atoms with Gasteiger partial charge >= 0.3 is 0 Å². The number of nitrogens with two attached hydrogens (primary N) is 1. The first-order valence-corrected chi connectivity index (χ1v) is 7.50. The third kappa shape index (κ3) is 3.97. The molecule has 0 aromatic rings. The van der Waals surface area contributed by atoms with Crippen LogP contribution in [-0.4, -0.2) is 29.6 Å². The summed E-state index contributed by atoms with van der Waals surface area (Å²) >= 11 is 2.16. The van der Waals surface area contributed by atoms with Crippen LogP contribution in [0.5, 0.6) is 0 Å². The Kier molecular flexibility index (Phi) is 4.79. The summed E-state index contributed by atoms with van der Waals surface area (Å²) in [5.74, 6) is 1.37. The second-order valence-corrected chi connectivity index (χ2v) is 6.43. The van der Waals surface area contributed by atoms with Crippen molar-refractivity contribution in [3.63, 3.8) is 0 Å². The Bertz CT molecular complexity index is 180. The molecule has 2 nitrogen and oxygen atoms in total. The lowest BCUT2D eigenvalue weighted by Crippen LogP contribution is -2.42. The Morgan fingerprint density at radius 1 is 1.13 bits per heavy atom. The van der Waals surface area contributed by atoms with Crippen LogP contribution >= 0.6 is 11.8 Å². The molecule has 0 aromatic heterocycles. The number of rotatable bonds is 3. The molecule has 3 unspecified atom stereocenters. The number of nitrogens with one attached hydrogen (secondary N) is 1. The van der Waals surface area contributed by atoms with Gasteiger partial charge in [-0.1, -0.05) is 12.8 Å². The van der Waals surface area contributed by atoms with Crippen LogP contribution in [0.25, 0.3) is 0 Å². The van der Waals surface area contributed by atoms with Crippen LogP contribution in [0.2, 0.25) is 0 Å². The molecule has 3 heteroatoms. The fourth-order valence-electron chi connectivity index (χ4n) is 2.68. The molecule has 0 aromatic carbocycles. The van der Waals surface area contributed by atoms with Crippen LogP contribution in [0.3, 0.4) is 0 Å². The molecule has 3 N–H and O–H groups in total. The second-order valence-electron chi connectivity index (χ2n) is 5.02. The summed E-state index contributed by atoms with van der Waals surface area (Å²) in [5.41, 5.74) is 5.99. The molecule has 2 aliphatic rings. The zero-order valence-electron chi connectivity index (χ0n) is 9.58. The Morgan fingerprint density at radius 2 is 2.07 bits per heavy atom. The highest BCUT2D eigenvalue weighted by molar-refractivity contribution is 7.99. The predicted octanol–water partition coefficient (Wildman–Crippen LogP) is 2.13. The molecular formula is C12H24N2S. The second kappa shape index (κ2) is 6.12. The van der Waals surface area contributed by atoms with Gasteiger partial charge in [-0.15, -0.1) is 0 Å². The van der Waals surface area contributed by atoms with Gasteiger partial charge in [0.2, 0.25) is 0 Å². The predicted molar refractivity (Wildman–Crippen MR) is 68.3 cm³/mol. The monoisotopic (exact) mass is 228 g/mol. The average Bonchev–Trinajstić information content (AvgIpc) is 2.28. The molecule has 0 amide bonds. The topological polar surface area (TPSA) is 38.0 Å². The first-order valence-electron chi connectivity index (χ1n) is 6.45. The molecule has 15 heavy (non-hydrogen) atoms. The lowest BCUT2D eigenvalue weighted by atomic mass is 9.91. The molecule has 1 aliphatic carbocycles. The minimum Gasteiger partial charge on any atom is -0.328 e. The third-order valence-corrected chi connectivity index (χ3v) is 5.02. The summed E-state index contributed by atoms with van der Waals surface area (Å²) in [4.78, 5) is 0. The van der Waals surface area contributed by atoms with Crippen molar-refractivity contribution in [2.24, 2.45) is 5.73 Å². The van der Waals surface area contributed by atoms with E-state index in [4.69, 9.17) is 5.73 Å². The first kappa shape index (κ1) is 11.7. The maximum absolute atomic E-state index is 5.99. The molecule has 0 spiro atoms. The van der Waals surface area contributed by atoms with Crippen molar-refractivity contribution in [3.8, 4) is 0 Å². The molecule has 0 radical (unpaired) electrons. The summed E-state index contributed by atoms with van der Waals surface area (Å²) in [7, 11) is 0. The molecule has 2 fully saturated rings. The summed E-state index contributed by atoms with van der Waals surface area (Å²) < 4.78 is 0. The van der Waals surface area contributed by atoms with Gasteiger partial charge in [0.15, 0.2) is 0 Å². The zero-order chi connectivity index (χ0) is 10.5. The molecule has 0 bridgehead atoms. The van der Waals surface area contributed by atoms with Gasteiger partial charge in [-0.3, -0.25) is 0 Å². The van der Waals surface area contributed by atoms with Gasteiger partial charge < -0.3 is 11.1 Å². The van der Waals surface area contributed by atoms with Gasteiger partial charge in [0, 0.05) is 23.9 Å². The lowest BCUT2D eigenvalue weighted by Gasteiger charge is -2.30. The molecular weight excluding hydrogens is 204 g/mol. The highest BCUT2D eigenvalue weighted by Gasteiger charge is 2.20. The van der Waals surface area contributed by atoms with Gasteiger partial charge in [0.05, 0.1) is 0 Å². The van der Waals surface area contributed by atoms with Gasteiger partial charge in [-0.25, -0.2) is 0 Å². The molecule has 1 aliphatic heterocycles. The van der Waals surface area contributed by atoms with E-state index in [1.54, 1.807) is 0 Å². The smallest absolute Gasteiger partial charge is 0.0172 e. The van der Waals surface area contributed by atoms with E-state index in [-0.39, 0.29) is 0 Å². The van der Waals surface area contributed by atoms with Gasteiger partial charge in [-0.05, 0) is 37.9 Å². The first-order chi connectivity index (χ1) is 7.34. The summed E-state index contributed by atoms with van der Waals surface area (Å²) in [5, 5.41) is 4.59. The summed E-state index contributed by atoms with van der Waals surface area (Å²) in [6.07, 6.45) is 9.35. The van der Waals surface area contributed by atoms with Crippen molar-refractivity contribution in [3.05, 3.63) is 0 Å². The van der Waals surface area contributed by atoms with E-state index in [1.165, 1.54) is 57.2 Å². The van der Waals surface area contributed by atoms with Crippen molar-refractivity contribution in [1.82, 2.24) is 5.32 Å². The molecule has 1 heterocycles. The van der Waals surface area contributed by atoms with Crippen molar-refractivity contribution in [1.29, 1.82) is 0 Å². The molecule has 88 valence electrons. The van der Waals surface area contributed by atoms with Crippen LogP contribution in [-0.2, 0) is 0 Å². The van der Waals surface area contributed by atoms with E-state index in [0.29, 0.717) is 12.1 Å². The largest absolute Gasteiger partial charge is 0.328 e. The summed E-state index contributed by atoms with van der Waals surface area (Å²) in [6, 6.07) is 1.16. The lowest BCUT2D eigenvalue weighted by molar-refractivity contribution is 0.338. The van der Waals surface area contributed by atoms with Crippen LogP contribution in [0.4, 0.5) is 0 Å².